The molecule has 2 nitrogen and oxygen atoms in total. The Labute approximate surface area is 155 Å². The number of hydrogen-bond acceptors (Lipinski definition) is 2. The SMILES string of the molecule is C=C/C=C\C=C(/C=C)C(=O)C(/C=C(\C=C)C(=O)c1ccccc1)=C/C=C. The van der Waals surface area contributed by atoms with E-state index in [1.165, 1.54) is 24.3 Å². The number of benzene rings is 1. The van der Waals surface area contributed by atoms with Crippen LogP contribution in [0.25, 0.3) is 0 Å². The average Bonchev–Trinajstić information content (AvgIpc) is 2.68. The number of Topliss-reactive ketones (excluding diaryl/α,β-unsaturated/α-hetero) is 2. The molecule has 0 amide bonds. The van der Waals surface area contributed by atoms with Crippen LogP contribution in [0.5, 0.6) is 0 Å². The number of rotatable bonds is 10. The monoisotopic (exact) mass is 342 g/mol. The van der Waals surface area contributed by atoms with Gasteiger partial charge in [-0.15, -0.1) is 0 Å². The molecule has 1 aromatic carbocycles. The van der Waals surface area contributed by atoms with E-state index in [1.807, 2.05) is 6.07 Å². The summed E-state index contributed by atoms with van der Waals surface area (Å²) in [7, 11) is 0. The summed E-state index contributed by atoms with van der Waals surface area (Å²) in [6.07, 6.45) is 14.1. The summed E-state index contributed by atoms with van der Waals surface area (Å²) in [5.41, 5.74) is 1.56. The van der Waals surface area contributed by atoms with E-state index in [1.54, 1.807) is 54.6 Å². The van der Waals surface area contributed by atoms with Crippen LogP contribution in [-0.2, 0) is 4.79 Å². The van der Waals surface area contributed by atoms with Crippen molar-refractivity contribution in [2.24, 2.45) is 0 Å². The van der Waals surface area contributed by atoms with E-state index in [0.717, 1.165) is 0 Å². The zero-order valence-electron chi connectivity index (χ0n) is 14.7. The van der Waals surface area contributed by atoms with Crippen molar-refractivity contribution < 1.29 is 9.59 Å². The Bertz CT molecular complexity index is 828. The molecule has 0 aromatic heterocycles. The standard InChI is InChI=1S/C24H22O2/c1-5-9-11-15-19(7-3)23(25)22(14-6-2)18-20(8-4)24(26)21-16-12-10-13-17-21/h5-18H,1-4H2/b11-9-,19-15+,20-18+,22-14+. The minimum Gasteiger partial charge on any atom is -0.289 e. The topological polar surface area (TPSA) is 34.1 Å². The lowest BCUT2D eigenvalue weighted by molar-refractivity contribution is -0.111. The van der Waals surface area contributed by atoms with Gasteiger partial charge in [-0.1, -0.05) is 105 Å². The van der Waals surface area contributed by atoms with Crippen LogP contribution in [0.4, 0.5) is 0 Å². The molecule has 0 fully saturated rings. The summed E-state index contributed by atoms with van der Waals surface area (Å²) in [6, 6.07) is 8.83. The van der Waals surface area contributed by atoms with E-state index in [0.29, 0.717) is 22.3 Å². The number of hydrogen-bond donors (Lipinski definition) is 0. The second-order valence-corrected chi connectivity index (χ2v) is 5.13. The lowest BCUT2D eigenvalue weighted by Gasteiger charge is -2.06. The fraction of sp³-hybridized carbons (Fsp3) is 0. The van der Waals surface area contributed by atoms with E-state index in [-0.39, 0.29) is 11.6 Å². The predicted molar refractivity (Wildman–Crippen MR) is 110 cm³/mol. The van der Waals surface area contributed by atoms with Crippen LogP contribution in [0.1, 0.15) is 10.4 Å². The summed E-state index contributed by atoms with van der Waals surface area (Å²) in [5, 5.41) is 0. The van der Waals surface area contributed by atoms with Crippen molar-refractivity contribution >= 4 is 11.6 Å². The first kappa shape index (κ1) is 20.5. The van der Waals surface area contributed by atoms with Gasteiger partial charge < -0.3 is 0 Å². The normalized spacial score (nSPS) is 12.5. The van der Waals surface area contributed by atoms with Crippen LogP contribution in [0.2, 0.25) is 0 Å². The third-order valence-electron chi connectivity index (χ3n) is 3.39. The molecule has 0 aliphatic heterocycles. The maximum atomic E-state index is 12.8. The quantitative estimate of drug-likeness (QED) is 0.319. The van der Waals surface area contributed by atoms with Crippen molar-refractivity contribution in [3.63, 3.8) is 0 Å². The molecular weight excluding hydrogens is 320 g/mol. The second kappa shape index (κ2) is 11.1. The van der Waals surface area contributed by atoms with Gasteiger partial charge >= 0.3 is 0 Å². The van der Waals surface area contributed by atoms with Gasteiger partial charge in [-0.25, -0.2) is 0 Å². The molecule has 0 saturated heterocycles. The van der Waals surface area contributed by atoms with Crippen molar-refractivity contribution in [1.82, 2.24) is 0 Å². The van der Waals surface area contributed by atoms with Crippen LogP contribution in [-0.4, -0.2) is 11.6 Å². The molecule has 0 heterocycles. The molecule has 1 aromatic rings. The van der Waals surface area contributed by atoms with Crippen LogP contribution in [0.15, 0.2) is 128 Å². The van der Waals surface area contributed by atoms with Gasteiger partial charge in [0, 0.05) is 22.3 Å². The van der Waals surface area contributed by atoms with Crippen molar-refractivity contribution in [2.75, 3.05) is 0 Å². The van der Waals surface area contributed by atoms with Gasteiger partial charge in [0.1, 0.15) is 0 Å². The third kappa shape index (κ3) is 5.84. The molecule has 1 rings (SSSR count). The average molecular weight is 342 g/mol. The van der Waals surface area contributed by atoms with Gasteiger partial charge in [-0.2, -0.15) is 0 Å². The van der Waals surface area contributed by atoms with Crippen molar-refractivity contribution in [3.8, 4) is 0 Å². The molecule has 0 unspecified atom stereocenters. The number of ketones is 2. The predicted octanol–water partition coefficient (Wildman–Crippen LogP) is 5.52. The highest BCUT2D eigenvalue weighted by Gasteiger charge is 2.14. The fourth-order valence-electron chi connectivity index (χ4n) is 2.10. The van der Waals surface area contributed by atoms with Crippen molar-refractivity contribution in [3.05, 3.63) is 134 Å². The molecule has 26 heavy (non-hydrogen) atoms. The summed E-state index contributed by atoms with van der Waals surface area (Å²) >= 11 is 0. The van der Waals surface area contributed by atoms with Crippen molar-refractivity contribution in [2.45, 2.75) is 0 Å². The Kier molecular flexibility index (Phi) is 8.77. The van der Waals surface area contributed by atoms with Gasteiger partial charge in [0.2, 0.25) is 0 Å². The molecule has 130 valence electrons. The Morgan fingerprint density at radius 1 is 0.731 bits per heavy atom. The Hall–Kier alpha value is -3.52. The first-order chi connectivity index (χ1) is 12.6. The molecule has 0 bridgehead atoms. The van der Waals surface area contributed by atoms with Crippen LogP contribution >= 0.6 is 0 Å². The van der Waals surface area contributed by atoms with E-state index >= 15 is 0 Å². The number of carbonyl (C=O) groups excluding carboxylic acids is 2. The molecule has 0 aliphatic rings. The van der Waals surface area contributed by atoms with E-state index in [2.05, 4.69) is 26.3 Å². The first-order valence-electron chi connectivity index (χ1n) is 8.02. The maximum Gasteiger partial charge on any atom is 0.193 e. The molecular formula is C24H22O2. The lowest BCUT2D eigenvalue weighted by atomic mass is 9.96. The first-order valence-corrected chi connectivity index (χ1v) is 8.02. The van der Waals surface area contributed by atoms with Gasteiger partial charge in [-0.3, -0.25) is 9.59 Å². The highest BCUT2D eigenvalue weighted by molar-refractivity contribution is 6.15. The Balaban J connectivity index is 3.30. The molecule has 0 N–H and O–H groups in total. The Morgan fingerprint density at radius 3 is 1.92 bits per heavy atom. The van der Waals surface area contributed by atoms with E-state index in [9.17, 15) is 9.59 Å². The summed E-state index contributed by atoms with van der Waals surface area (Å²) in [6.45, 7) is 14.6. The third-order valence-corrected chi connectivity index (χ3v) is 3.39. The van der Waals surface area contributed by atoms with Crippen molar-refractivity contribution in [1.29, 1.82) is 0 Å². The van der Waals surface area contributed by atoms with Crippen LogP contribution in [0.3, 0.4) is 0 Å². The zero-order chi connectivity index (χ0) is 19.4. The zero-order valence-corrected chi connectivity index (χ0v) is 14.7. The summed E-state index contributed by atoms with van der Waals surface area (Å²) in [5.74, 6) is -0.479. The largest absolute Gasteiger partial charge is 0.289 e. The smallest absolute Gasteiger partial charge is 0.193 e. The molecule has 2 heteroatoms. The van der Waals surface area contributed by atoms with Gasteiger partial charge in [0.05, 0.1) is 0 Å². The van der Waals surface area contributed by atoms with Crippen LogP contribution < -0.4 is 0 Å². The highest BCUT2D eigenvalue weighted by atomic mass is 16.1. The minimum atomic E-state index is -0.270. The van der Waals surface area contributed by atoms with Crippen LogP contribution in [0, 0.1) is 0 Å². The molecule has 0 saturated carbocycles. The van der Waals surface area contributed by atoms with E-state index in [4.69, 9.17) is 0 Å². The minimum absolute atomic E-state index is 0.209. The second-order valence-electron chi connectivity index (χ2n) is 5.13. The lowest BCUT2D eigenvalue weighted by Crippen LogP contribution is -2.07. The molecule has 0 spiro atoms. The van der Waals surface area contributed by atoms with E-state index < -0.39 is 0 Å². The molecule has 0 aliphatic carbocycles. The number of allylic oxidation sites excluding steroid dienone is 12. The summed E-state index contributed by atoms with van der Waals surface area (Å²) < 4.78 is 0. The number of carbonyl (C=O) groups is 2. The highest BCUT2D eigenvalue weighted by Crippen LogP contribution is 2.16. The summed E-state index contributed by atoms with van der Waals surface area (Å²) in [4.78, 5) is 25.4. The fourth-order valence-corrected chi connectivity index (χ4v) is 2.10. The molecule has 0 atom stereocenters. The van der Waals surface area contributed by atoms with Gasteiger partial charge in [0.25, 0.3) is 0 Å². The molecule has 0 radical (unpaired) electrons. The maximum absolute atomic E-state index is 12.8. The Morgan fingerprint density at radius 2 is 1.38 bits per heavy atom. The van der Waals surface area contributed by atoms with Gasteiger partial charge in [0.15, 0.2) is 11.6 Å². The van der Waals surface area contributed by atoms with Gasteiger partial charge in [-0.05, 0) is 6.08 Å².